The monoisotopic (exact) mass is 172 g/mol. The molecule has 1 heterocycles. The van der Waals surface area contributed by atoms with E-state index in [2.05, 4.69) is 6.58 Å². The summed E-state index contributed by atoms with van der Waals surface area (Å²) >= 11 is 0. The Morgan fingerprint density at radius 3 is 2.50 bits per heavy atom. The van der Waals surface area contributed by atoms with Crippen molar-refractivity contribution in [2.45, 2.75) is 45.7 Å². The summed E-state index contributed by atoms with van der Waals surface area (Å²) in [6.07, 6.45) is 0.470. The van der Waals surface area contributed by atoms with Gasteiger partial charge in [0.25, 0.3) is 0 Å². The zero-order valence-corrected chi connectivity index (χ0v) is 7.87. The Bertz CT molecular complexity index is 167. The highest BCUT2D eigenvalue weighted by Gasteiger charge is 2.29. The molecule has 70 valence electrons. The lowest BCUT2D eigenvalue weighted by molar-refractivity contribution is -0.449. The summed E-state index contributed by atoms with van der Waals surface area (Å²) < 4.78 is 5.50. The van der Waals surface area contributed by atoms with Gasteiger partial charge in [-0.1, -0.05) is 13.5 Å². The molecule has 1 aliphatic rings. The molecule has 0 spiro atoms. The van der Waals surface area contributed by atoms with Crippen molar-refractivity contribution in [2.24, 2.45) is 0 Å². The Kier molecular flexibility index (Phi) is 3.26. The van der Waals surface area contributed by atoms with Crippen molar-refractivity contribution in [1.29, 1.82) is 0 Å². The van der Waals surface area contributed by atoms with Crippen LogP contribution in [0.15, 0.2) is 12.2 Å². The Balaban J connectivity index is 2.47. The Morgan fingerprint density at radius 2 is 2.08 bits per heavy atom. The van der Waals surface area contributed by atoms with Crippen molar-refractivity contribution in [3.63, 3.8) is 0 Å². The van der Waals surface area contributed by atoms with Crippen LogP contribution in [0.3, 0.4) is 0 Å². The van der Waals surface area contributed by atoms with E-state index in [4.69, 9.17) is 14.5 Å². The fraction of sp³-hybridized carbons (Fsp3) is 0.778. The van der Waals surface area contributed by atoms with E-state index in [0.717, 1.165) is 12.0 Å². The van der Waals surface area contributed by atoms with Crippen molar-refractivity contribution >= 4 is 0 Å². The second kappa shape index (κ2) is 4.03. The topological polar surface area (TPSA) is 27.7 Å². The van der Waals surface area contributed by atoms with E-state index in [9.17, 15) is 0 Å². The lowest BCUT2D eigenvalue weighted by atomic mass is 10.1. The lowest BCUT2D eigenvalue weighted by Gasteiger charge is -2.33. The smallest absolute Gasteiger partial charge is 0.191 e. The van der Waals surface area contributed by atoms with Gasteiger partial charge >= 0.3 is 0 Å². The van der Waals surface area contributed by atoms with Crippen molar-refractivity contribution in [2.75, 3.05) is 0 Å². The van der Waals surface area contributed by atoms with Gasteiger partial charge in [-0.2, -0.15) is 0 Å². The van der Waals surface area contributed by atoms with E-state index >= 15 is 0 Å². The van der Waals surface area contributed by atoms with Crippen LogP contribution in [0.2, 0.25) is 0 Å². The van der Waals surface area contributed by atoms with Gasteiger partial charge in [0.15, 0.2) is 6.29 Å². The summed E-state index contributed by atoms with van der Waals surface area (Å²) in [5.41, 5.74) is 0.928. The molecule has 1 aliphatic heterocycles. The predicted octanol–water partition coefficient (Wildman–Crippen LogP) is 2.03. The first-order chi connectivity index (χ1) is 5.65. The van der Waals surface area contributed by atoms with Gasteiger partial charge in [-0.05, 0) is 25.8 Å². The van der Waals surface area contributed by atoms with Crippen molar-refractivity contribution < 1.29 is 14.5 Å². The normalized spacial score (nSPS) is 36.4. The van der Waals surface area contributed by atoms with E-state index in [1.54, 1.807) is 0 Å². The largest absolute Gasteiger partial charge is 0.344 e. The molecule has 1 unspecified atom stereocenters. The number of ether oxygens (including phenoxy) is 1. The van der Waals surface area contributed by atoms with E-state index in [0.29, 0.717) is 0 Å². The molecule has 1 rings (SSSR count). The Labute approximate surface area is 73.2 Å². The van der Waals surface area contributed by atoms with Gasteiger partial charge in [-0.15, -0.1) is 0 Å². The molecular weight excluding hydrogens is 156 g/mol. The van der Waals surface area contributed by atoms with Gasteiger partial charge in [0.05, 0.1) is 6.10 Å². The van der Waals surface area contributed by atoms with Gasteiger partial charge in [0.2, 0.25) is 0 Å². The molecule has 0 aromatic carbocycles. The summed E-state index contributed by atoms with van der Waals surface area (Å²) in [5.74, 6) is 0. The Hall–Kier alpha value is -0.380. The summed E-state index contributed by atoms with van der Waals surface area (Å²) in [6, 6.07) is 0. The minimum Gasteiger partial charge on any atom is -0.344 e. The molecule has 0 aromatic heterocycles. The van der Waals surface area contributed by atoms with Crippen molar-refractivity contribution in [1.82, 2.24) is 0 Å². The average Bonchev–Trinajstić information content (AvgIpc) is 2.03. The molecule has 0 aliphatic carbocycles. The predicted molar refractivity (Wildman–Crippen MR) is 45.4 cm³/mol. The summed E-state index contributed by atoms with van der Waals surface area (Å²) in [6.45, 7) is 9.65. The molecule has 1 saturated heterocycles. The molecule has 0 aromatic rings. The minimum absolute atomic E-state index is 0.0289. The van der Waals surface area contributed by atoms with Crippen LogP contribution in [0.5, 0.6) is 0 Å². The maximum Gasteiger partial charge on any atom is 0.191 e. The molecular formula is C9H16O3. The molecule has 3 heteroatoms. The average molecular weight is 172 g/mol. The fourth-order valence-electron chi connectivity index (χ4n) is 1.18. The van der Waals surface area contributed by atoms with Gasteiger partial charge < -0.3 is 4.74 Å². The molecule has 3 nitrogen and oxygen atoms in total. The standard InChI is InChI=1S/C9H16O3/c1-5-8-10-7(4)9(6(2)3)12-11-8/h7-9H,2,5H2,1,3-4H3/t7-,8?,9-/m1/s1. The fourth-order valence-corrected chi connectivity index (χ4v) is 1.18. The molecule has 1 fully saturated rings. The summed E-state index contributed by atoms with van der Waals surface area (Å²) in [5, 5.41) is 0. The molecule has 3 atom stereocenters. The zero-order chi connectivity index (χ0) is 9.14. The van der Waals surface area contributed by atoms with Crippen molar-refractivity contribution in [3.8, 4) is 0 Å². The second-order valence-corrected chi connectivity index (χ2v) is 3.14. The van der Waals surface area contributed by atoms with Crippen molar-refractivity contribution in [3.05, 3.63) is 12.2 Å². The molecule has 0 saturated carbocycles. The van der Waals surface area contributed by atoms with Crippen LogP contribution in [-0.2, 0) is 14.5 Å². The number of rotatable bonds is 2. The highest BCUT2D eigenvalue weighted by molar-refractivity contribution is 5.00. The first kappa shape index (κ1) is 9.71. The highest BCUT2D eigenvalue weighted by atomic mass is 17.2. The maximum atomic E-state index is 5.50. The highest BCUT2D eigenvalue weighted by Crippen LogP contribution is 2.21. The van der Waals surface area contributed by atoms with Crippen LogP contribution < -0.4 is 0 Å². The van der Waals surface area contributed by atoms with E-state index in [1.165, 1.54) is 0 Å². The zero-order valence-electron chi connectivity index (χ0n) is 7.87. The lowest BCUT2D eigenvalue weighted by Crippen LogP contribution is -2.40. The van der Waals surface area contributed by atoms with Crippen LogP contribution in [0.1, 0.15) is 27.2 Å². The molecule has 0 amide bonds. The van der Waals surface area contributed by atoms with Crippen LogP contribution >= 0.6 is 0 Å². The van der Waals surface area contributed by atoms with Gasteiger partial charge in [0.1, 0.15) is 6.10 Å². The van der Waals surface area contributed by atoms with Gasteiger partial charge in [0, 0.05) is 0 Å². The van der Waals surface area contributed by atoms with Crippen LogP contribution in [0.4, 0.5) is 0 Å². The summed E-state index contributed by atoms with van der Waals surface area (Å²) in [7, 11) is 0. The second-order valence-electron chi connectivity index (χ2n) is 3.14. The molecule has 0 bridgehead atoms. The minimum atomic E-state index is -0.226. The maximum absolute atomic E-state index is 5.50. The summed E-state index contributed by atoms with van der Waals surface area (Å²) in [4.78, 5) is 10.1. The van der Waals surface area contributed by atoms with Gasteiger partial charge in [-0.25, -0.2) is 9.78 Å². The van der Waals surface area contributed by atoms with Crippen LogP contribution in [0, 0.1) is 0 Å². The first-order valence-corrected chi connectivity index (χ1v) is 4.28. The third-order valence-corrected chi connectivity index (χ3v) is 1.88. The van der Waals surface area contributed by atoms with Crippen LogP contribution in [-0.4, -0.2) is 18.5 Å². The van der Waals surface area contributed by atoms with E-state index < -0.39 is 0 Å². The SMILES string of the molecule is C=C(C)[C@H]1OOC(CC)O[C@@H]1C. The van der Waals surface area contributed by atoms with Crippen LogP contribution in [0.25, 0.3) is 0 Å². The quantitative estimate of drug-likeness (QED) is 0.471. The van der Waals surface area contributed by atoms with E-state index in [-0.39, 0.29) is 18.5 Å². The van der Waals surface area contributed by atoms with Gasteiger partial charge in [-0.3, -0.25) is 0 Å². The molecule has 0 N–H and O–H groups in total. The third-order valence-electron chi connectivity index (χ3n) is 1.88. The first-order valence-electron chi connectivity index (χ1n) is 4.28. The number of hydrogen-bond donors (Lipinski definition) is 0. The van der Waals surface area contributed by atoms with E-state index in [1.807, 2.05) is 20.8 Å². The molecule has 12 heavy (non-hydrogen) atoms. The third kappa shape index (κ3) is 2.06. The Morgan fingerprint density at radius 1 is 1.42 bits per heavy atom. The molecule has 0 radical (unpaired) electrons. The number of hydrogen-bond acceptors (Lipinski definition) is 3.